The molecule has 0 aliphatic carbocycles. The van der Waals surface area contributed by atoms with Crippen LogP contribution in [0.2, 0.25) is 0 Å². The van der Waals surface area contributed by atoms with Crippen molar-refractivity contribution in [2.24, 2.45) is 0 Å². The number of methoxy groups -OCH3 is 1. The predicted molar refractivity (Wildman–Crippen MR) is 108 cm³/mol. The summed E-state index contributed by atoms with van der Waals surface area (Å²) in [5.74, 6) is 1.62. The molecule has 1 aromatic heterocycles. The summed E-state index contributed by atoms with van der Waals surface area (Å²) in [7, 11) is 1.69. The molecule has 134 valence electrons. The van der Waals surface area contributed by atoms with E-state index in [-0.39, 0.29) is 0 Å². The summed E-state index contributed by atoms with van der Waals surface area (Å²) in [6.45, 7) is 1.81. The molecule has 4 aliphatic heterocycles. The van der Waals surface area contributed by atoms with Crippen molar-refractivity contribution < 1.29 is 9.47 Å². The van der Waals surface area contributed by atoms with Gasteiger partial charge in [-0.2, -0.15) is 0 Å². The van der Waals surface area contributed by atoms with Gasteiger partial charge in [0.25, 0.3) is 0 Å². The molecule has 0 radical (unpaired) electrons. The molecule has 6 bridgehead atoms. The standard InChI is InChI=1S/C23H25NO2/c1-25-23-17-19-7-6-18-8-10-21-20(16-18)12-14-24(21)13-4-2-3-5-15-26-22(23)11-9-19/h6-12,14,16-17H,2-5,13,15H2,1H3/b7-6-. The Labute approximate surface area is 154 Å². The second-order valence-electron chi connectivity index (χ2n) is 6.83. The number of hydrogen-bond acceptors (Lipinski definition) is 2. The van der Waals surface area contributed by atoms with Gasteiger partial charge in [-0.05, 0) is 54.3 Å². The number of nitrogens with zero attached hydrogens (tertiary/aromatic N) is 1. The summed E-state index contributed by atoms with van der Waals surface area (Å²) in [5, 5.41) is 1.30. The van der Waals surface area contributed by atoms with Crippen molar-refractivity contribution in [3.05, 3.63) is 59.8 Å². The molecule has 0 spiro atoms. The molecule has 0 unspecified atom stereocenters. The topological polar surface area (TPSA) is 23.4 Å². The molecule has 3 nitrogen and oxygen atoms in total. The maximum Gasteiger partial charge on any atom is 0.161 e. The Morgan fingerprint density at radius 2 is 1.69 bits per heavy atom. The minimum Gasteiger partial charge on any atom is -0.493 e. The molecular formula is C23H25NO2. The van der Waals surface area contributed by atoms with E-state index in [1.54, 1.807) is 7.11 Å². The highest BCUT2D eigenvalue weighted by atomic mass is 16.5. The third-order valence-corrected chi connectivity index (χ3v) is 5.00. The molecule has 0 fully saturated rings. The van der Waals surface area contributed by atoms with Gasteiger partial charge >= 0.3 is 0 Å². The first-order valence-corrected chi connectivity index (χ1v) is 9.41. The number of hydrogen-bond donors (Lipinski definition) is 0. The van der Waals surface area contributed by atoms with Crippen LogP contribution in [-0.2, 0) is 6.54 Å². The third-order valence-electron chi connectivity index (χ3n) is 5.00. The maximum atomic E-state index is 5.92. The third kappa shape index (κ3) is 3.62. The molecule has 3 heteroatoms. The largest absolute Gasteiger partial charge is 0.493 e. The lowest BCUT2D eigenvalue weighted by atomic mass is 10.1. The van der Waals surface area contributed by atoms with Crippen LogP contribution in [0.5, 0.6) is 11.5 Å². The average molecular weight is 347 g/mol. The van der Waals surface area contributed by atoms with E-state index >= 15 is 0 Å². The Balaban J connectivity index is 1.69. The van der Waals surface area contributed by atoms with Crippen LogP contribution in [0.25, 0.3) is 23.1 Å². The first-order valence-electron chi connectivity index (χ1n) is 9.41. The molecule has 26 heavy (non-hydrogen) atoms. The minimum atomic E-state index is 0.736. The van der Waals surface area contributed by atoms with E-state index in [0.717, 1.165) is 36.6 Å². The summed E-state index contributed by atoms with van der Waals surface area (Å²) < 4.78 is 13.8. The monoisotopic (exact) mass is 347 g/mol. The van der Waals surface area contributed by atoms with E-state index in [9.17, 15) is 0 Å². The van der Waals surface area contributed by atoms with Crippen molar-refractivity contribution in [2.45, 2.75) is 32.2 Å². The molecule has 2 aromatic carbocycles. The Kier molecular flexibility index (Phi) is 4.96. The van der Waals surface area contributed by atoms with E-state index < -0.39 is 0 Å². The SMILES string of the molecule is COc1cc2ccc1OCCCCCCn1ccc3cc(ccc31)/C=C\2. The number of benzene rings is 2. The normalized spacial score (nSPS) is 16.3. The Morgan fingerprint density at radius 3 is 2.58 bits per heavy atom. The van der Waals surface area contributed by atoms with Crippen LogP contribution in [-0.4, -0.2) is 18.3 Å². The van der Waals surface area contributed by atoms with Crippen LogP contribution in [0.3, 0.4) is 0 Å². The van der Waals surface area contributed by atoms with Crippen LogP contribution in [0.4, 0.5) is 0 Å². The molecule has 0 N–H and O–H groups in total. The molecule has 5 heterocycles. The lowest BCUT2D eigenvalue weighted by Gasteiger charge is -2.12. The van der Waals surface area contributed by atoms with Crippen molar-refractivity contribution in [3.63, 3.8) is 0 Å². The van der Waals surface area contributed by atoms with Gasteiger partial charge in [0.1, 0.15) is 0 Å². The van der Waals surface area contributed by atoms with Gasteiger partial charge in [0.2, 0.25) is 0 Å². The van der Waals surface area contributed by atoms with Crippen LogP contribution in [0.1, 0.15) is 36.8 Å². The van der Waals surface area contributed by atoms with Gasteiger partial charge in [-0.15, -0.1) is 0 Å². The Bertz CT molecular complexity index is 923. The summed E-state index contributed by atoms with van der Waals surface area (Å²) in [6, 6.07) is 15.0. The number of rotatable bonds is 1. The van der Waals surface area contributed by atoms with Gasteiger partial charge in [-0.25, -0.2) is 0 Å². The average Bonchev–Trinajstić information content (AvgIpc) is 3.07. The van der Waals surface area contributed by atoms with Gasteiger partial charge in [0.05, 0.1) is 13.7 Å². The van der Waals surface area contributed by atoms with Crippen LogP contribution >= 0.6 is 0 Å². The van der Waals surface area contributed by atoms with E-state index in [1.807, 2.05) is 12.1 Å². The van der Waals surface area contributed by atoms with E-state index in [2.05, 4.69) is 53.2 Å². The zero-order valence-corrected chi connectivity index (χ0v) is 15.3. The summed E-state index contributed by atoms with van der Waals surface area (Å²) in [5.41, 5.74) is 3.63. The van der Waals surface area contributed by atoms with Gasteiger partial charge in [-0.1, -0.05) is 37.1 Å². The molecule has 0 saturated carbocycles. The van der Waals surface area contributed by atoms with Crippen LogP contribution in [0, 0.1) is 0 Å². The summed E-state index contributed by atoms with van der Waals surface area (Å²) >= 11 is 0. The first-order chi connectivity index (χ1) is 12.8. The van der Waals surface area contributed by atoms with Crippen molar-refractivity contribution in [2.75, 3.05) is 13.7 Å². The highest BCUT2D eigenvalue weighted by molar-refractivity contribution is 5.84. The van der Waals surface area contributed by atoms with Crippen molar-refractivity contribution in [3.8, 4) is 11.5 Å². The molecule has 0 atom stereocenters. The number of aryl methyl sites for hydroxylation is 1. The number of ether oxygens (including phenoxy) is 2. The fourth-order valence-corrected chi connectivity index (χ4v) is 3.54. The highest BCUT2D eigenvalue weighted by Gasteiger charge is 2.06. The van der Waals surface area contributed by atoms with Crippen molar-refractivity contribution in [1.29, 1.82) is 0 Å². The molecular weight excluding hydrogens is 322 g/mol. The van der Waals surface area contributed by atoms with E-state index in [0.29, 0.717) is 0 Å². The van der Waals surface area contributed by atoms with Crippen LogP contribution in [0.15, 0.2) is 48.7 Å². The Morgan fingerprint density at radius 1 is 0.885 bits per heavy atom. The lowest BCUT2D eigenvalue weighted by Crippen LogP contribution is -2.00. The van der Waals surface area contributed by atoms with Gasteiger partial charge in [0.15, 0.2) is 11.5 Å². The van der Waals surface area contributed by atoms with E-state index in [1.165, 1.54) is 35.7 Å². The molecule has 4 aliphatic rings. The van der Waals surface area contributed by atoms with Crippen LogP contribution < -0.4 is 9.47 Å². The second-order valence-corrected chi connectivity index (χ2v) is 6.83. The summed E-state index contributed by atoms with van der Waals surface area (Å²) in [6.07, 6.45) is 11.2. The minimum absolute atomic E-state index is 0.736. The van der Waals surface area contributed by atoms with Gasteiger partial charge in [0, 0.05) is 23.6 Å². The Hall–Kier alpha value is -2.68. The molecule has 7 rings (SSSR count). The zero-order chi connectivity index (χ0) is 17.8. The van der Waals surface area contributed by atoms with E-state index in [4.69, 9.17) is 9.47 Å². The highest BCUT2D eigenvalue weighted by Crippen LogP contribution is 2.29. The van der Waals surface area contributed by atoms with Crippen molar-refractivity contribution in [1.82, 2.24) is 4.57 Å². The predicted octanol–water partition coefficient (Wildman–Crippen LogP) is 5.77. The molecule has 0 amide bonds. The number of aromatic nitrogens is 1. The quantitative estimate of drug-likeness (QED) is 0.557. The fourth-order valence-electron chi connectivity index (χ4n) is 3.54. The van der Waals surface area contributed by atoms with Crippen molar-refractivity contribution >= 4 is 23.1 Å². The van der Waals surface area contributed by atoms with Gasteiger partial charge in [-0.3, -0.25) is 0 Å². The zero-order valence-electron chi connectivity index (χ0n) is 15.3. The molecule has 3 aromatic rings. The fraction of sp³-hybridized carbons (Fsp3) is 0.304. The smallest absolute Gasteiger partial charge is 0.161 e. The first kappa shape index (κ1) is 16.8. The van der Waals surface area contributed by atoms with Gasteiger partial charge < -0.3 is 14.0 Å². The maximum absolute atomic E-state index is 5.92. The summed E-state index contributed by atoms with van der Waals surface area (Å²) in [4.78, 5) is 0. The lowest BCUT2D eigenvalue weighted by molar-refractivity contribution is 0.284. The second kappa shape index (κ2) is 7.69. The molecule has 0 saturated heterocycles.